The molecule has 6 heteroatoms. The van der Waals surface area contributed by atoms with Crippen molar-refractivity contribution in [2.24, 2.45) is 0 Å². The highest BCUT2D eigenvalue weighted by Gasteiger charge is 2.15. The summed E-state index contributed by atoms with van der Waals surface area (Å²) in [4.78, 5) is 19.2. The Kier molecular flexibility index (Phi) is 5.12. The third kappa shape index (κ3) is 3.91. The van der Waals surface area contributed by atoms with Crippen molar-refractivity contribution in [3.8, 4) is 0 Å². The zero-order valence-electron chi connectivity index (χ0n) is 13.4. The van der Waals surface area contributed by atoms with Crippen LogP contribution < -0.4 is 9.80 Å². The molecule has 2 rings (SSSR count). The van der Waals surface area contributed by atoms with Crippen LogP contribution in [0, 0.1) is 0 Å². The standard InChI is InChI=1S/C15H23N5S/c1-6-20(10-12-8-7-9-21-12)15-17-13(11(2)3)16-14(18-15)19(4)5/h7-9,11H,6,10H2,1-5H3. The second-order valence-corrected chi connectivity index (χ2v) is 6.47. The van der Waals surface area contributed by atoms with E-state index in [0.29, 0.717) is 5.95 Å². The summed E-state index contributed by atoms with van der Waals surface area (Å²) in [7, 11) is 3.91. The zero-order valence-corrected chi connectivity index (χ0v) is 14.2. The quantitative estimate of drug-likeness (QED) is 0.820. The summed E-state index contributed by atoms with van der Waals surface area (Å²) in [5, 5.41) is 2.10. The fourth-order valence-corrected chi connectivity index (χ4v) is 2.60. The molecule has 0 N–H and O–H groups in total. The van der Waals surface area contributed by atoms with Crippen LogP contribution in [0.2, 0.25) is 0 Å². The van der Waals surface area contributed by atoms with Crippen molar-refractivity contribution in [2.45, 2.75) is 33.2 Å². The fraction of sp³-hybridized carbons (Fsp3) is 0.533. The lowest BCUT2D eigenvalue weighted by Crippen LogP contribution is -2.26. The highest BCUT2D eigenvalue weighted by molar-refractivity contribution is 7.09. The maximum absolute atomic E-state index is 4.65. The Morgan fingerprint density at radius 3 is 2.38 bits per heavy atom. The van der Waals surface area contributed by atoms with E-state index < -0.39 is 0 Å². The molecule has 2 aromatic heterocycles. The lowest BCUT2D eigenvalue weighted by Gasteiger charge is -2.22. The van der Waals surface area contributed by atoms with Gasteiger partial charge in [0.25, 0.3) is 0 Å². The summed E-state index contributed by atoms with van der Waals surface area (Å²) in [6.07, 6.45) is 0. The summed E-state index contributed by atoms with van der Waals surface area (Å²) in [5.41, 5.74) is 0. The monoisotopic (exact) mass is 305 g/mol. The van der Waals surface area contributed by atoms with Crippen LogP contribution in [0.15, 0.2) is 17.5 Å². The molecule has 0 aliphatic heterocycles. The molecule has 0 radical (unpaired) electrons. The van der Waals surface area contributed by atoms with Gasteiger partial charge in [-0.1, -0.05) is 19.9 Å². The first-order valence-electron chi connectivity index (χ1n) is 7.21. The topological polar surface area (TPSA) is 45.2 Å². The van der Waals surface area contributed by atoms with Gasteiger partial charge in [0.1, 0.15) is 5.82 Å². The van der Waals surface area contributed by atoms with Crippen LogP contribution >= 0.6 is 11.3 Å². The summed E-state index contributed by atoms with van der Waals surface area (Å²) in [6.45, 7) is 8.04. The Labute approximate surface area is 130 Å². The molecule has 5 nitrogen and oxygen atoms in total. The van der Waals surface area contributed by atoms with E-state index >= 15 is 0 Å². The van der Waals surface area contributed by atoms with Crippen molar-refractivity contribution < 1.29 is 0 Å². The largest absolute Gasteiger partial charge is 0.347 e. The van der Waals surface area contributed by atoms with Crippen LogP contribution in [-0.2, 0) is 6.54 Å². The average Bonchev–Trinajstić information content (AvgIpc) is 2.97. The van der Waals surface area contributed by atoms with Crippen molar-refractivity contribution in [3.05, 3.63) is 28.2 Å². The van der Waals surface area contributed by atoms with Gasteiger partial charge in [-0.05, 0) is 18.4 Å². The molecule has 0 amide bonds. The number of anilines is 2. The predicted molar refractivity (Wildman–Crippen MR) is 89.3 cm³/mol. The first kappa shape index (κ1) is 15.7. The third-order valence-electron chi connectivity index (χ3n) is 3.14. The van der Waals surface area contributed by atoms with Crippen molar-refractivity contribution in [2.75, 3.05) is 30.4 Å². The van der Waals surface area contributed by atoms with Gasteiger partial charge < -0.3 is 9.80 Å². The zero-order chi connectivity index (χ0) is 15.4. The molecule has 21 heavy (non-hydrogen) atoms. The van der Waals surface area contributed by atoms with Gasteiger partial charge in [0.15, 0.2) is 0 Å². The van der Waals surface area contributed by atoms with Gasteiger partial charge in [0.2, 0.25) is 11.9 Å². The molecule has 0 saturated heterocycles. The van der Waals surface area contributed by atoms with Gasteiger partial charge in [0, 0.05) is 31.4 Å². The van der Waals surface area contributed by atoms with Crippen LogP contribution in [0.25, 0.3) is 0 Å². The first-order valence-corrected chi connectivity index (χ1v) is 8.09. The number of aromatic nitrogens is 3. The Morgan fingerprint density at radius 1 is 1.14 bits per heavy atom. The maximum Gasteiger partial charge on any atom is 0.230 e. The number of hydrogen-bond donors (Lipinski definition) is 0. The molecule has 0 saturated carbocycles. The van der Waals surface area contributed by atoms with Crippen LogP contribution in [0.5, 0.6) is 0 Å². The summed E-state index contributed by atoms with van der Waals surface area (Å²) in [5.74, 6) is 2.60. The molecule has 2 heterocycles. The molecule has 2 aromatic rings. The Hall–Kier alpha value is -1.69. The molecule has 0 atom stereocenters. The second-order valence-electron chi connectivity index (χ2n) is 5.44. The second kappa shape index (κ2) is 6.85. The van der Waals surface area contributed by atoms with Crippen LogP contribution in [-0.4, -0.2) is 35.6 Å². The number of thiophene rings is 1. The van der Waals surface area contributed by atoms with E-state index in [2.05, 4.69) is 58.1 Å². The molecule has 0 spiro atoms. The van der Waals surface area contributed by atoms with E-state index in [0.717, 1.165) is 24.9 Å². The normalized spacial score (nSPS) is 11.0. The van der Waals surface area contributed by atoms with Crippen LogP contribution in [0.4, 0.5) is 11.9 Å². The Balaban J connectivity index is 2.35. The molecular weight excluding hydrogens is 282 g/mol. The first-order chi connectivity index (χ1) is 10.0. The van der Waals surface area contributed by atoms with Gasteiger partial charge in [-0.2, -0.15) is 15.0 Å². The number of rotatable bonds is 6. The van der Waals surface area contributed by atoms with Gasteiger partial charge in [-0.3, -0.25) is 0 Å². The van der Waals surface area contributed by atoms with E-state index in [1.54, 1.807) is 11.3 Å². The molecule has 0 unspecified atom stereocenters. The van der Waals surface area contributed by atoms with E-state index in [1.165, 1.54) is 4.88 Å². The maximum atomic E-state index is 4.65. The SMILES string of the molecule is CCN(Cc1cccs1)c1nc(C(C)C)nc(N(C)C)n1. The van der Waals surface area contributed by atoms with Gasteiger partial charge >= 0.3 is 0 Å². The molecular formula is C15H23N5S. The van der Waals surface area contributed by atoms with E-state index in [-0.39, 0.29) is 5.92 Å². The lowest BCUT2D eigenvalue weighted by atomic mass is 10.2. The summed E-state index contributed by atoms with van der Waals surface area (Å²) < 4.78 is 0. The summed E-state index contributed by atoms with van der Waals surface area (Å²) in [6, 6.07) is 4.22. The summed E-state index contributed by atoms with van der Waals surface area (Å²) >= 11 is 1.76. The third-order valence-corrected chi connectivity index (χ3v) is 4.00. The predicted octanol–water partition coefficient (Wildman–Crippen LogP) is 3.15. The van der Waals surface area contributed by atoms with E-state index in [1.807, 2.05) is 19.0 Å². The highest BCUT2D eigenvalue weighted by Crippen LogP contribution is 2.20. The molecule has 0 bridgehead atoms. The van der Waals surface area contributed by atoms with Crippen molar-refractivity contribution in [3.63, 3.8) is 0 Å². The fourth-order valence-electron chi connectivity index (χ4n) is 1.88. The highest BCUT2D eigenvalue weighted by atomic mass is 32.1. The molecule has 0 aromatic carbocycles. The minimum absolute atomic E-state index is 0.283. The van der Waals surface area contributed by atoms with Gasteiger partial charge in [0.05, 0.1) is 6.54 Å². The molecule has 114 valence electrons. The minimum atomic E-state index is 0.283. The molecule has 0 aliphatic carbocycles. The molecule has 0 aliphatic rings. The number of nitrogens with zero attached hydrogens (tertiary/aromatic N) is 5. The van der Waals surface area contributed by atoms with Crippen molar-refractivity contribution in [1.29, 1.82) is 0 Å². The van der Waals surface area contributed by atoms with E-state index in [4.69, 9.17) is 0 Å². The van der Waals surface area contributed by atoms with Gasteiger partial charge in [-0.15, -0.1) is 11.3 Å². The van der Waals surface area contributed by atoms with Crippen molar-refractivity contribution in [1.82, 2.24) is 15.0 Å². The van der Waals surface area contributed by atoms with Crippen molar-refractivity contribution >= 4 is 23.2 Å². The average molecular weight is 305 g/mol. The van der Waals surface area contributed by atoms with E-state index in [9.17, 15) is 0 Å². The Morgan fingerprint density at radius 2 is 1.86 bits per heavy atom. The Bertz CT molecular complexity index is 539. The molecule has 0 fully saturated rings. The van der Waals surface area contributed by atoms with Gasteiger partial charge in [-0.25, -0.2) is 0 Å². The lowest BCUT2D eigenvalue weighted by molar-refractivity contribution is 0.722. The van der Waals surface area contributed by atoms with Crippen LogP contribution in [0.1, 0.15) is 37.4 Å². The van der Waals surface area contributed by atoms with Crippen LogP contribution in [0.3, 0.4) is 0 Å². The number of hydrogen-bond acceptors (Lipinski definition) is 6. The minimum Gasteiger partial charge on any atom is -0.347 e. The smallest absolute Gasteiger partial charge is 0.230 e.